The van der Waals surface area contributed by atoms with E-state index >= 15 is 0 Å². The molecular formula is C10H21ClFN. The van der Waals surface area contributed by atoms with Crippen LogP contribution in [0.3, 0.4) is 0 Å². The van der Waals surface area contributed by atoms with Gasteiger partial charge in [-0.15, -0.1) is 12.4 Å². The van der Waals surface area contributed by atoms with Crippen LogP contribution in [-0.4, -0.2) is 19.3 Å². The van der Waals surface area contributed by atoms with Gasteiger partial charge in [0.15, 0.2) is 0 Å². The molecule has 13 heavy (non-hydrogen) atoms. The van der Waals surface area contributed by atoms with Gasteiger partial charge in [0, 0.05) is 12.5 Å². The van der Waals surface area contributed by atoms with Gasteiger partial charge in [0.25, 0.3) is 0 Å². The lowest BCUT2D eigenvalue weighted by atomic mass is 9.90. The second-order valence-corrected chi connectivity index (χ2v) is 4.25. The number of hydrogen-bond acceptors (Lipinski definition) is 1. The lowest BCUT2D eigenvalue weighted by molar-refractivity contribution is 0.166. The van der Waals surface area contributed by atoms with E-state index in [1.807, 2.05) is 0 Å². The maximum absolute atomic E-state index is 13.5. The first kappa shape index (κ1) is 13.2. The van der Waals surface area contributed by atoms with Gasteiger partial charge >= 0.3 is 0 Å². The molecule has 1 rings (SSSR count). The largest absolute Gasteiger partial charge is 0.316 e. The predicted molar refractivity (Wildman–Crippen MR) is 57.2 cm³/mol. The molecule has 0 aliphatic carbocycles. The molecule has 80 valence electrons. The van der Waals surface area contributed by atoms with Crippen molar-refractivity contribution >= 4 is 12.4 Å². The minimum atomic E-state index is -0.585. The zero-order chi connectivity index (χ0) is 8.97. The molecule has 0 aromatic carbocycles. The van der Waals surface area contributed by atoms with Gasteiger partial charge in [-0.1, -0.05) is 13.8 Å². The minimum absolute atomic E-state index is 0. The monoisotopic (exact) mass is 209 g/mol. The van der Waals surface area contributed by atoms with Crippen molar-refractivity contribution in [2.45, 2.75) is 39.3 Å². The summed E-state index contributed by atoms with van der Waals surface area (Å²) in [4.78, 5) is 0. The van der Waals surface area contributed by atoms with E-state index in [1.54, 1.807) is 0 Å². The van der Waals surface area contributed by atoms with Crippen molar-refractivity contribution < 1.29 is 4.39 Å². The van der Waals surface area contributed by atoms with E-state index in [2.05, 4.69) is 19.2 Å². The van der Waals surface area contributed by atoms with E-state index in [0.717, 1.165) is 32.4 Å². The summed E-state index contributed by atoms with van der Waals surface area (Å²) in [7, 11) is 0. The third kappa shape index (κ3) is 4.82. The van der Waals surface area contributed by atoms with Gasteiger partial charge < -0.3 is 5.32 Å². The van der Waals surface area contributed by atoms with Crippen LogP contribution in [-0.2, 0) is 0 Å². The summed E-state index contributed by atoms with van der Waals surface area (Å²) in [5, 5.41) is 3.25. The number of hydrogen-bond donors (Lipinski definition) is 1. The second-order valence-electron chi connectivity index (χ2n) is 4.25. The van der Waals surface area contributed by atoms with E-state index in [0.29, 0.717) is 5.92 Å². The van der Waals surface area contributed by atoms with Gasteiger partial charge in [-0.3, -0.25) is 0 Å². The van der Waals surface area contributed by atoms with Crippen LogP contribution in [0.15, 0.2) is 0 Å². The van der Waals surface area contributed by atoms with Crippen molar-refractivity contribution in [1.82, 2.24) is 5.32 Å². The number of alkyl halides is 1. The molecule has 1 heterocycles. The molecule has 1 nitrogen and oxygen atoms in total. The van der Waals surface area contributed by atoms with Crippen LogP contribution in [0.25, 0.3) is 0 Å². The summed E-state index contributed by atoms with van der Waals surface area (Å²) in [5.41, 5.74) is 0. The number of nitrogens with one attached hydrogen (secondary N) is 1. The Labute approximate surface area is 86.9 Å². The first-order valence-corrected chi connectivity index (χ1v) is 5.05. The Hall–Kier alpha value is 0.180. The van der Waals surface area contributed by atoms with Gasteiger partial charge in [0.1, 0.15) is 6.17 Å². The van der Waals surface area contributed by atoms with Crippen molar-refractivity contribution in [1.29, 1.82) is 0 Å². The molecule has 0 amide bonds. The van der Waals surface area contributed by atoms with Gasteiger partial charge in [-0.05, 0) is 31.7 Å². The normalized spacial score (nSPS) is 25.4. The fraction of sp³-hybridized carbons (Fsp3) is 1.00. The summed E-state index contributed by atoms with van der Waals surface area (Å²) < 4.78 is 13.5. The molecule has 1 fully saturated rings. The highest BCUT2D eigenvalue weighted by Crippen LogP contribution is 2.22. The zero-order valence-corrected chi connectivity index (χ0v) is 9.37. The third-order valence-corrected chi connectivity index (χ3v) is 2.54. The SMILES string of the molecule is CC(C)CC(F)C1CCCNC1.Cl. The van der Waals surface area contributed by atoms with Crippen molar-refractivity contribution in [2.75, 3.05) is 13.1 Å². The van der Waals surface area contributed by atoms with Gasteiger partial charge in [-0.25, -0.2) is 4.39 Å². The first-order chi connectivity index (χ1) is 5.70. The van der Waals surface area contributed by atoms with Crippen LogP contribution < -0.4 is 5.32 Å². The summed E-state index contributed by atoms with van der Waals surface area (Å²) in [6.45, 7) is 6.13. The van der Waals surface area contributed by atoms with Crippen LogP contribution in [0.1, 0.15) is 33.1 Å². The average Bonchev–Trinajstić information content (AvgIpc) is 2.05. The van der Waals surface area contributed by atoms with Crippen LogP contribution >= 0.6 is 12.4 Å². The molecule has 0 radical (unpaired) electrons. The van der Waals surface area contributed by atoms with Crippen LogP contribution in [0.2, 0.25) is 0 Å². The highest BCUT2D eigenvalue weighted by atomic mass is 35.5. The first-order valence-electron chi connectivity index (χ1n) is 5.05. The topological polar surface area (TPSA) is 12.0 Å². The molecular weight excluding hydrogens is 189 g/mol. The lowest BCUT2D eigenvalue weighted by Crippen LogP contribution is -2.35. The Morgan fingerprint density at radius 1 is 1.46 bits per heavy atom. The summed E-state index contributed by atoms with van der Waals surface area (Å²) >= 11 is 0. The maximum atomic E-state index is 13.5. The van der Waals surface area contributed by atoms with Crippen LogP contribution in [0.5, 0.6) is 0 Å². The average molecular weight is 210 g/mol. The Morgan fingerprint density at radius 2 is 2.15 bits per heavy atom. The predicted octanol–water partition coefficient (Wildman–Crippen LogP) is 2.79. The van der Waals surface area contributed by atoms with Crippen molar-refractivity contribution in [3.05, 3.63) is 0 Å². The number of piperidine rings is 1. The van der Waals surface area contributed by atoms with E-state index in [9.17, 15) is 4.39 Å². The van der Waals surface area contributed by atoms with Crippen molar-refractivity contribution in [2.24, 2.45) is 11.8 Å². The van der Waals surface area contributed by atoms with Crippen LogP contribution in [0, 0.1) is 11.8 Å². The standard InChI is InChI=1S/C10H20FN.ClH/c1-8(2)6-10(11)9-4-3-5-12-7-9;/h8-10,12H,3-7H2,1-2H3;1H. The van der Waals surface area contributed by atoms with Crippen molar-refractivity contribution in [3.8, 4) is 0 Å². The van der Waals surface area contributed by atoms with E-state index in [-0.39, 0.29) is 18.3 Å². The molecule has 0 saturated carbocycles. The maximum Gasteiger partial charge on any atom is 0.104 e. The van der Waals surface area contributed by atoms with E-state index in [4.69, 9.17) is 0 Å². The van der Waals surface area contributed by atoms with Crippen LogP contribution in [0.4, 0.5) is 4.39 Å². The fourth-order valence-electron chi connectivity index (χ4n) is 1.83. The van der Waals surface area contributed by atoms with Gasteiger partial charge in [-0.2, -0.15) is 0 Å². The number of halogens is 2. The highest BCUT2D eigenvalue weighted by Gasteiger charge is 2.23. The molecule has 1 saturated heterocycles. The summed E-state index contributed by atoms with van der Waals surface area (Å²) in [6.07, 6.45) is 2.36. The molecule has 0 aromatic rings. The molecule has 1 aliphatic rings. The zero-order valence-electron chi connectivity index (χ0n) is 8.55. The quantitative estimate of drug-likeness (QED) is 0.754. The summed E-state index contributed by atoms with van der Waals surface area (Å²) in [5.74, 6) is 0.767. The third-order valence-electron chi connectivity index (χ3n) is 2.54. The molecule has 3 heteroatoms. The molecule has 0 spiro atoms. The number of rotatable bonds is 3. The van der Waals surface area contributed by atoms with Crippen molar-refractivity contribution in [3.63, 3.8) is 0 Å². The minimum Gasteiger partial charge on any atom is -0.316 e. The lowest BCUT2D eigenvalue weighted by Gasteiger charge is -2.26. The molecule has 2 atom stereocenters. The van der Waals surface area contributed by atoms with Gasteiger partial charge in [0.05, 0.1) is 0 Å². The Kier molecular flexibility index (Phi) is 6.70. The summed E-state index contributed by atoms with van der Waals surface area (Å²) in [6, 6.07) is 0. The highest BCUT2D eigenvalue weighted by molar-refractivity contribution is 5.85. The second kappa shape index (κ2) is 6.61. The Balaban J connectivity index is 0.00000144. The Morgan fingerprint density at radius 3 is 2.62 bits per heavy atom. The van der Waals surface area contributed by atoms with E-state index in [1.165, 1.54) is 0 Å². The molecule has 1 N–H and O–H groups in total. The molecule has 0 bridgehead atoms. The molecule has 0 aromatic heterocycles. The van der Waals surface area contributed by atoms with Gasteiger partial charge in [0.2, 0.25) is 0 Å². The fourth-order valence-corrected chi connectivity index (χ4v) is 1.83. The molecule has 1 aliphatic heterocycles. The van der Waals surface area contributed by atoms with E-state index < -0.39 is 6.17 Å². The smallest absolute Gasteiger partial charge is 0.104 e. The molecule has 2 unspecified atom stereocenters. The Bertz CT molecular complexity index is 124.